The van der Waals surface area contributed by atoms with Gasteiger partial charge in [0.2, 0.25) is 5.91 Å². The summed E-state index contributed by atoms with van der Waals surface area (Å²) in [5.74, 6) is -0.310. The van der Waals surface area contributed by atoms with E-state index in [1.165, 1.54) is 6.92 Å². The number of aliphatic hydroxyl groups excluding tert-OH is 1. The minimum absolute atomic E-state index is 0.0623. The van der Waals surface area contributed by atoms with E-state index in [2.05, 4.69) is 5.32 Å². The first-order valence-corrected chi connectivity index (χ1v) is 3.69. The summed E-state index contributed by atoms with van der Waals surface area (Å²) in [6, 6.07) is -0.760. The Morgan fingerprint density at radius 1 is 1.45 bits per heavy atom. The van der Waals surface area contributed by atoms with Gasteiger partial charge in [0.15, 0.2) is 0 Å². The lowest BCUT2D eigenvalue weighted by Crippen LogP contribution is -2.49. The number of amides is 1. The molecule has 1 amide bonds. The fraction of sp³-hybridized carbons (Fsp3) is 0.857. The highest BCUT2D eigenvalue weighted by Crippen LogP contribution is 1.89. The molecule has 0 radical (unpaired) electrons. The molecule has 0 saturated carbocycles. The third-order valence-electron chi connectivity index (χ3n) is 1.25. The lowest BCUT2D eigenvalue weighted by Gasteiger charge is -2.16. The molecule has 0 bridgehead atoms. The number of carbonyl (C=O) groups is 1. The summed E-state index contributed by atoms with van der Waals surface area (Å²) in [4.78, 5) is 11.0. The number of nitrogens with two attached hydrogens (primary N) is 1. The van der Waals surface area contributed by atoms with Gasteiger partial charge in [0.05, 0.1) is 6.10 Å². The maximum absolute atomic E-state index is 11.0. The van der Waals surface area contributed by atoms with Crippen LogP contribution in [0, 0.1) is 0 Å². The van der Waals surface area contributed by atoms with Gasteiger partial charge < -0.3 is 16.2 Å². The Balaban J connectivity index is 3.83. The number of hydrogen-bond acceptors (Lipinski definition) is 3. The van der Waals surface area contributed by atoms with Crippen LogP contribution >= 0.6 is 0 Å². The van der Waals surface area contributed by atoms with Crippen LogP contribution in [0.25, 0.3) is 0 Å². The van der Waals surface area contributed by atoms with Gasteiger partial charge in [0.1, 0.15) is 6.04 Å². The van der Waals surface area contributed by atoms with Crippen molar-refractivity contribution in [3.8, 4) is 0 Å². The van der Waals surface area contributed by atoms with Crippen LogP contribution < -0.4 is 11.1 Å². The van der Waals surface area contributed by atoms with Crippen molar-refractivity contribution in [1.82, 2.24) is 5.32 Å². The standard InChI is InChI=1S/C7H16N2O2/c1-4(2)9-7(11)6(8)5(3)10/h4-6,10H,8H2,1-3H3,(H,9,11)/t5-,6+/m0/s1. The maximum atomic E-state index is 11.0. The number of nitrogens with one attached hydrogen (secondary N) is 1. The maximum Gasteiger partial charge on any atom is 0.239 e. The summed E-state index contributed by atoms with van der Waals surface area (Å²) in [5, 5.41) is 11.5. The summed E-state index contributed by atoms with van der Waals surface area (Å²) >= 11 is 0. The quantitative estimate of drug-likeness (QED) is 0.507. The van der Waals surface area contributed by atoms with Crippen LogP contribution in [-0.4, -0.2) is 29.2 Å². The Morgan fingerprint density at radius 3 is 2.18 bits per heavy atom. The zero-order valence-electron chi connectivity index (χ0n) is 7.16. The Kier molecular flexibility index (Phi) is 4.07. The lowest BCUT2D eigenvalue weighted by molar-refractivity contribution is -0.124. The summed E-state index contributed by atoms with van der Waals surface area (Å²) < 4.78 is 0. The van der Waals surface area contributed by atoms with Gasteiger partial charge in [-0.25, -0.2) is 0 Å². The zero-order valence-corrected chi connectivity index (χ0v) is 7.16. The van der Waals surface area contributed by atoms with Crippen LogP contribution in [0.15, 0.2) is 0 Å². The second-order valence-corrected chi connectivity index (χ2v) is 2.93. The molecular formula is C7H16N2O2. The molecule has 0 fully saturated rings. The molecule has 0 heterocycles. The van der Waals surface area contributed by atoms with Crippen LogP contribution in [0.2, 0.25) is 0 Å². The second kappa shape index (κ2) is 4.31. The van der Waals surface area contributed by atoms with Crippen molar-refractivity contribution >= 4 is 5.91 Å². The van der Waals surface area contributed by atoms with E-state index in [0.29, 0.717) is 0 Å². The fourth-order valence-electron chi connectivity index (χ4n) is 0.600. The molecular weight excluding hydrogens is 144 g/mol. The first kappa shape index (κ1) is 10.4. The predicted molar refractivity (Wildman–Crippen MR) is 42.9 cm³/mol. The Hall–Kier alpha value is -0.610. The van der Waals surface area contributed by atoms with Gasteiger partial charge >= 0.3 is 0 Å². The Morgan fingerprint density at radius 2 is 1.91 bits per heavy atom. The molecule has 0 aliphatic heterocycles. The fourth-order valence-corrected chi connectivity index (χ4v) is 0.600. The van der Waals surface area contributed by atoms with E-state index in [1.54, 1.807) is 0 Å². The van der Waals surface area contributed by atoms with Gasteiger partial charge in [-0.2, -0.15) is 0 Å². The first-order chi connectivity index (χ1) is 4.95. The Labute approximate surface area is 66.8 Å². The van der Waals surface area contributed by atoms with E-state index in [1.807, 2.05) is 13.8 Å². The molecule has 4 nitrogen and oxygen atoms in total. The SMILES string of the molecule is CC(C)NC(=O)[C@H](N)[C@H](C)O. The minimum atomic E-state index is -0.822. The molecule has 0 aliphatic rings. The van der Waals surface area contributed by atoms with Gasteiger partial charge in [-0.05, 0) is 20.8 Å². The van der Waals surface area contributed by atoms with Gasteiger partial charge in [-0.3, -0.25) is 4.79 Å². The average molecular weight is 160 g/mol. The zero-order chi connectivity index (χ0) is 9.02. The molecule has 2 atom stereocenters. The number of rotatable bonds is 3. The normalized spacial score (nSPS) is 16.2. The van der Waals surface area contributed by atoms with Crippen LogP contribution in [-0.2, 0) is 4.79 Å². The van der Waals surface area contributed by atoms with E-state index < -0.39 is 12.1 Å². The summed E-state index contributed by atoms with van der Waals surface area (Å²) in [7, 11) is 0. The molecule has 0 aromatic carbocycles. The number of aliphatic hydroxyl groups is 1. The number of hydrogen-bond donors (Lipinski definition) is 3. The first-order valence-electron chi connectivity index (χ1n) is 3.69. The highest BCUT2D eigenvalue weighted by molar-refractivity contribution is 5.82. The third-order valence-corrected chi connectivity index (χ3v) is 1.25. The average Bonchev–Trinajstić information content (AvgIpc) is 1.84. The van der Waals surface area contributed by atoms with Crippen molar-refractivity contribution in [2.45, 2.75) is 39.0 Å². The largest absolute Gasteiger partial charge is 0.391 e. The second-order valence-electron chi connectivity index (χ2n) is 2.93. The third kappa shape index (κ3) is 3.95. The van der Waals surface area contributed by atoms with Crippen LogP contribution in [0.4, 0.5) is 0 Å². The van der Waals surface area contributed by atoms with Gasteiger partial charge in [0, 0.05) is 6.04 Å². The molecule has 66 valence electrons. The summed E-state index contributed by atoms with van der Waals surface area (Å²) in [6.07, 6.45) is -0.797. The van der Waals surface area contributed by atoms with E-state index in [4.69, 9.17) is 10.8 Å². The summed E-state index contributed by atoms with van der Waals surface area (Å²) in [5.41, 5.74) is 5.35. The molecule has 0 aliphatic carbocycles. The molecule has 11 heavy (non-hydrogen) atoms. The minimum Gasteiger partial charge on any atom is -0.391 e. The van der Waals surface area contributed by atoms with E-state index in [0.717, 1.165) is 0 Å². The molecule has 0 aromatic rings. The van der Waals surface area contributed by atoms with Crippen LogP contribution in [0.3, 0.4) is 0 Å². The molecule has 0 unspecified atom stereocenters. The monoisotopic (exact) mass is 160 g/mol. The Bertz CT molecular complexity index is 134. The van der Waals surface area contributed by atoms with E-state index in [-0.39, 0.29) is 11.9 Å². The molecule has 0 spiro atoms. The van der Waals surface area contributed by atoms with Gasteiger partial charge in [-0.1, -0.05) is 0 Å². The smallest absolute Gasteiger partial charge is 0.239 e. The highest BCUT2D eigenvalue weighted by atomic mass is 16.3. The summed E-state index contributed by atoms with van der Waals surface area (Å²) in [6.45, 7) is 5.17. The topological polar surface area (TPSA) is 75.4 Å². The van der Waals surface area contributed by atoms with Gasteiger partial charge in [0.25, 0.3) is 0 Å². The molecule has 0 rings (SSSR count). The number of carbonyl (C=O) groups excluding carboxylic acids is 1. The van der Waals surface area contributed by atoms with Crippen molar-refractivity contribution in [3.05, 3.63) is 0 Å². The van der Waals surface area contributed by atoms with Crippen LogP contribution in [0.1, 0.15) is 20.8 Å². The van der Waals surface area contributed by atoms with Crippen LogP contribution in [0.5, 0.6) is 0 Å². The molecule has 4 N–H and O–H groups in total. The van der Waals surface area contributed by atoms with Gasteiger partial charge in [-0.15, -0.1) is 0 Å². The molecule has 4 heteroatoms. The predicted octanol–water partition coefficient (Wildman–Crippen LogP) is -0.781. The lowest BCUT2D eigenvalue weighted by atomic mass is 10.2. The van der Waals surface area contributed by atoms with Crippen molar-refractivity contribution in [1.29, 1.82) is 0 Å². The van der Waals surface area contributed by atoms with E-state index in [9.17, 15) is 4.79 Å². The molecule has 0 aromatic heterocycles. The molecule has 0 saturated heterocycles. The highest BCUT2D eigenvalue weighted by Gasteiger charge is 2.18. The van der Waals surface area contributed by atoms with Crippen molar-refractivity contribution in [2.75, 3.05) is 0 Å². The van der Waals surface area contributed by atoms with Crippen molar-refractivity contribution in [2.24, 2.45) is 5.73 Å². The van der Waals surface area contributed by atoms with E-state index >= 15 is 0 Å². The van der Waals surface area contributed by atoms with Crippen molar-refractivity contribution < 1.29 is 9.90 Å². The van der Waals surface area contributed by atoms with Crippen molar-refractivity contribution in [3.63, 3.8) is 0 Å².